The van der Waals surface area contributed by atoms with Gasteiger partial charge in [0.15, 0.2) is 0 Å². The first-order valence-corrected chi connectivity index (χ1v) is 5.64. The van der Waals surface area contributed by atoms with Crippen LogP contribution in [0.4, 0.5) is 0 Å². The highest BCUT2D eigenvalue weighted by Crippen LogP contribution is 2.28. The van der Waals surface area contributed by atoms with E-state index in [0.29, 0.717) is 17.8 Å². The Labute approximate surface area is 86.5 Å². The first-order valence-electron chi connectivity index (χ1n) is 4.18. The molecule has 0 amide bonds. The van der Waals surface area contributed by atoms with E-state index in [1.54, 1.807) is 4.42 Å². The second-order valence-corrected chi connectivity index (χ2v) is 4.24. The standard InChI is InChI=1S/C8H13BrClNO/c1-2-6-4-11(10)5-7(6)8(12)3-9/h6-7H,2-5H2,1H3/t6-,7+/m1/s1. The maximum atomic E-state index is 11.4. The summed E-state index contributed by atoms with van der Waals surface area (Å²) in [7, 11) is 0. The Kier molecular flexibility index (Phi) is 4.00. The van der Waals surface area contributed by atoms with E-state index in [2.05, 4.69) is 22.9 Å². The summed E-state index contributed by atoms with van der Waals surface area (Å²) in [6, 6.07) is 0. The number of Topliss-reactive ketones (excluding diaryl/α,β-unsaturated/α-hetero) is 1. The molecule has 1 saturated heterocycles. The van der Waals surface area contributed by atoms with Gasteiger partial charge in [-0.25, -0.2) is 4.42 Å². The van der Waals surface area contributed by atoms with Gasteiger partial charge in [-0.1, -0.05) is 29.3 Å². The molecule has 0 unspecified atom stereocenters. The van der Waals surface area contributed by atoms with Crippen LogP contribution >= 0.6 is 27.7 Å². The molecular formula is C8H13BrClNO. The lowest BCUT2D eigenvalue weighted by Gasteiger charge is -2.12. The summed E-state index contributed by atoms with van der Waals surface area (Å²) in [5, 5.41) is 0.457. The van der Waals surface area contributed by atoms with Crippen molar-refractivity contribution in [1.82, 2.24) is 4.42 Å². The Morgan fingerprint density at radius 2 is 2.33 bits per heavy atom. The number of alkyl halides is 1. The predicted molar refractivity (Wildman–Crippen MR) is 53.5 cm³/mol. The second-order valence-electron chi connectivity index (χ2n) is 3.20. The lowest BCUT2D eigenvalue weighted by molar-refractivity contribution is -0.120. The molecule has 0 bridgehead atoms. The maximum absolute atomic E-state index is 11.4. The van der Waals surface area contributed by atoms with Crippen molar-refractivity contribution >= 4 is 33.5 Å². The molecule has 0 spiro atoms. The molecule has 4 heteroatoms. The van der Waals surface area contributed by atoms with Gasteiger partial charge in [0, 0.05) is 19.0 Å². The minimum atomic E-state index is 0.145. The van der Waals surface area contributed by atoms with Gasteiger partial charge in [0.05, 0.1) is 5.33 Å². The van der Waals surface area contributed by atoms with Gasteiger partial charge in [-0.2, -0.15) is 0 Å². The van der Waals surface area contributed by atoms with E-state index < -0.39 is 0 Å². The number of halogens is 2. The molecule has 0 aliphatic carbocycles. The molecule has 1 heterocycles. The van der Waals surface area contributed by atoms with Gasteiger partial charge < -0.3 is 0 Å². The van der Waals surface area contributed by atoms with Gasteiger partial charge >= 0.3 is 0 Å². The number of carbonyl (C=O) groups is 1. The normalized spacial score (nSPS) is 30.9. The third kappa shape index (κ3) is 2.21. The fourth-order valence-electron chi connectivity index (χ4n) is 1.70. The lowest BCUT2D eigenvalue weighted by Crippen LogP contribution is -2.23. The largest absolute Gasteiger partial charge is 0.298 e. The minimum absolute atomic E-state index is 0.145. The Morgan fingerprint density at radius 3 is 2.83 bits per heavy atom. The molecule has 1 fully saturated rings. The molecule has 12 heavy (non-hydrogen) atoms. The van der Waals surface area contributed by atoms with E-state index in [4.69, 9.17) is 11.8 Å². The molecule has 1 aliphatic rings. The van der Waals surface area contributed by atoms with Crippen LogP contribution in [0.2, 0.25) is 0 Å². The summed E-state index contributed by atoms with van der Waals surface area (Å²) in [6.45, 7) is 3.67. The fraction of sp³-hybridized carbons (Fsp3) is 0.875. The van der Waals surface area contributed by atoms with Crippen LogP contribution in [-0.2, 0) is 4.79 Å². The number of ketones is 1. The zero-order chi connectivity index (χ0) is 9.14. The molecule has 1 rings (SSSR count). The monoisotopic (exact) mass is 253 g/mol. The molecule has 0 aromatic heterocycles. The molecule has 2 atom stereocenters. The Bertz CT molecular complexity index is 176. The zero-order valence-corrected chi connectivity index (χ0v) is 9.44. The van der Waals surface area contributed by atoms with Gasteiger partial charge in [-0.3, -0.25) is 4.79 Å². The van der Waals surface area contributed by atoms with Crippen molar-refractivity contribution < 1.29 is 4.79 Å². The van der Waals surface area contributed by atoms with Gasteiger partial charge in [0.1, 0.15) is 5.78 Å². The number of carbonyl (C=O) groups excluding carboxylic acids is 1. The van der Waals surface area contributed by atoms with Crippen molar-refractivity contribution in [1.29, 1.82) is 0 Å². The Morgan fingerprint density at radius 1 is 1.67 bits per heavy atom. The third-order valence-corrected chi connectivity index (χ3v) is 3.29. The molecule has 70 valence electrons. The quantitative estimate of drug-likeness (QED) is 0.568. The van der Waals surface area contributed by atoms with Crippen molar-refractivity contribution in [2.45, 2.75) is 13.3 Å². The fourth-order valence-corrected chi connectivity index (χ4v) is 2.44. The van der Waals surface area contributed by atoms with Gasteiger partial charge in [0.2, 0.25) is 0 Å². The van der Waals surface area contributed by atoms with Gasteiger partial charge in [-0.05, 0) is 17.7 Å². The summed E-state index contributed by atoms with van der Waals surface area (Å²) in [4.78, 5) is 11.4. The van der Waals surface area contributed by atoms with Crippen LogP contribution < -0.4 is 0 Å². The van der Waals surface area contributed by atoms with Gasteiger partial charge in [-0.15, -0.1) is 0 Å². The zero-order valence-electron chi connectivity index (χ0n) is 7.09. The van der Waals surface area contributed by atoms with Crippen LogP contribution in [0.25, 0.3) is 0 Å². The van der Waals surface area contributed by atoms with E-state index in [1.807, 2.05) is 0 Å². The van der Waals surface area contributed by atoms with Crippen LogP contribution in [0.1, 0.15) is 13.3 Å². The Balaban J connectivity index is 2.57. The molecule has 0 saturated carbocycles. The average Bonchev–Trinajstić information content (AvgIpc) is 2.45. The summed E-state index contributed by atoms with van der Waals surface area (Å²) >= 11 is 9.04. The van der Waals surface area contributed by atoms with Gasteiger partial charge in [0.25, 0.3) is 0 Å². The number of hydrogen-bond donors (Lipinski definition) is 0. The first-order chi connectivity index (χ1) is 5.69. The molecular weight excluding hydrogens is 241 g/mol. The van der Waals surface area contributed by atoms with Crippen LogP contribution in [-0.4, -0.2) is 28.6 Å². The predicted octanol–water partition coefficient (Wildman–Crippen LogP) is 2.06. The number of rotatable bonds is 3. The SMILES string of the molecule is CC[C@@H]1CN(Cl)C[C@@H]1C(=O)CBr. The number of nitrogens with zero attached hydrogens (tertiary/aromatic N) is 1. The van der Waals surface area contributed by atoms with E-state index in [1.165, 1.54) is 0 Å². The Hall–Kier alpha value is 0.400. The summed E-state index contributed by atoms with van der Waals surface area (Å²) in [5.41, 5.74) is 0. The molecule has 0 radical (unpaired) electrons. The molecule has 0 N–H and O–H groups in total. The smallest absolute Gasteiger partial charge is 0.148 e. The van der Waals surface area contributed by atoms with E-state index in [-0.39, 0.29) is 11.7 Å². The van der Waals surface area contributed by atoms with E-state index in [9.17, 15) is 4.79 Å². The molecule has 0 aromatic rings. The van der Waals surface area contributed by atoms with Crippen molar-refractivity contribution in [3.63, 3.8) is 0 Å². The third-order valence-electron chi connectivity index (χ3n) is 2.47. The maximum Gasteiger partial charge on any atom is 0.148 e. The van der Waals surface area contributed by atoms with Crippen LogP contribution in [0, 0.1) is 11.8 Å². The molecule has 1 aliphatic heterocycles. The van der Waals surface area contributed by atoms with E-state index >= 15 is 0 Å². The second kappa shape index (κ2) is 4.58. The molecule has 2 nitrogen and oxygen atoms in total. The van der Waals surface area contributed by atoms with Crippen molar-refractivity contribution in [3.05, 3.63) is 0 Å². The van der Waals surface area contributed by atoms with Crippen LogP contribution in [0.5, 0.6) is 0 Å². The van der Waals surface area contributed by atoms with Crippen LogP contribution in [0.15, 0.2) is 0 Å². The highest BCUT2D eigenvalue weighted by atomic mass is 79.9. The lowest BCUT2D eigenvalue weighted by atomic mass is 9.91. The topological polar surface area (TPSA) is 20.3 Å². The number of hydrogen-bond acceptors (Lipinski definition) is 2. The highest BCUT2D eigenvalue weighted by molar-refractivity contribution is 9.09. The minimum Gasteiger partial charge on any atom is -0.298 e. The van der Waals surface area contributed by atoms with Crippen molar-refractivity contribution in [3.8, 4) is 0 Å². The van der Waals surface area contributed by atoms with Crippen LogP contribution in [0.3, 0.4) is 0 Å². The highest BCUT2D eigenvalue weighted by Gasteiger charge is 2.34. The van der Waals surface area contributed by atoms with Crippen molar-refractivity contribution in [2.24, 2.45) is 11.8 Å². The average molecular weight is 255 g/mol. The summed E-state index contributed by atoms with van der Waals surface area (Å²) < 4.78 is 1.72. The van der Waals surface area contributed by atoms with Crippen molar-refractivity contribution in [2.75, 3.05) is 18.4 Å². The van der Waals surface area contributed by atoms with E-state index in [0.717, 1.165) is 13.0 Å². The first kappa shape index (κ1) is 10.5. The molecule has 0 aromatic carbocycles. The summed E-state index contributed by atoms with van der Waals surface area (Å²) in [5.74, 6) is 0.879. The summed E-state index contributed by atoms with van der Waals surface area (Å²) in [6.07, 6.45) is 1.03.